The van der Waals surface area contributed by atoms with Crippen LogP contribution in [0.15, 0.2) is 0 Å². The van der Waals surface area contributed by atoms with E-state index in [4.69, 9.17) is 5.11 Å². The number of nitrogens with zero attached hydrogens (tertiary/aromatic N) is 3. The number of aryl methyl sites for hydroxylation is 2. The van der Waals surface area contributed by atoms with E-state index in [9.17, 15) is 4.79 Å². The molecule has 0 spiro atoms. The first-order valence-electron chi connectivity index (χ1n) is 5.09. The van der Waals surface area contributed by atoms with Crippen LogP contribution < -0.4 is 0 Å². The maximum atomic E-state index is 10.4. The molecular weight excluding hydrogens is 194 g/mol. The van der Waals surface area contributed by atoms with E-state index in [0.717, 1.165) is 12.2 Å². The van der Waals surface area contributed by atoms with Gasteiger partial charge in [-0.15, -0.1) is 0 Å². The van der Waals surface area contributed by atoms with E-state index in [2.05, 4.69) is 23.9 Å². The van der Waals surface area contributed by atoms with E-state index in [-0.39, 0.29) is 6.42 Å². The van der Waals surface area contributed by atoms with E-state index in [1.54, 1.807) is 4.68 Å². The molecule has 0 aliphatic carbocycles. The molecule has 0 saturated carbocycles. The topological polar surface area (TPSA) is 68.0 Å². The van der Waals surface area contributed by atoms with Crippen LogP contribution in [0.4, 0.5) is 0 Å². The second kappa shape index (κ2) is 4.91. The summed E-state index contributed by atoms with van der Waals surface area (Å²) >= 11 is 0. The predicted molar refractivity (Wildman–Crippen MR) is 55.5 cm³/mol. The molecule has 0 aromatic carbocycles. The molecular formula is C10H17N3O2. The fourth-order valence-electron chi connectivity index (χ4n) is 1.34. The second-order valence-electron chi connectivity index (χ2n) is 4.06. The largest absolute Gasteiger partial charge is 0.481 e. The average molecular weight is 211 g/mol. The van der Waals surface area contributed by atoms with Gasteiger partial charge in [-0.1, -0.05) is 13.8 Å². The van der Waals surface area contributed by atoms with Crippen molar-refractivity contribution in [2.75, 3.05) is 0 Å². The summed E-state index contributed by atoms with van der Waals surface area (Å²) in [6, 6.07) is 0. The molecule has 84 valence electrons. The van der Waals surface area contributed by atoms with Crippen LogP contribution in [0.2, 0.25) is 0 Å². The van der Waals surface area contributed by atoms with Crippen molar-refractivity contribution in [2.24, 2.45) is 13.0 Å². The van der Waals surface area contributed by atoms with E-state index in [1.807, 2.05) is 7.05 Å². The molecule has 0 amide bonds. The molecule has 0 unspecified atom stereocenters. The first-order valence-corrected chi connectivity index (χ1v) is 5.09. The van der Waals surface area contributed by atoms with E-state index < -0.39 is 5.97 Å². The molecule has 15 heavy (non-hydrogen) atoms. The molecule has 5 heteroatoms. The lowest BCUT2D eigenvalue weighted by Crippen LogP contribution is -2.03. The Morgan fingerprint density at radius 1 is 1.53 bits per heavy atom. The quantitative estimate of drug-likeness (QED) is 0.789. The minimum atomic E-state index is -0.812. The number of aliphatic carboxylic acids is 1. The van der Waals surface area contributed by atoms with Crippen LogP contribution in [0.3, 0.4) is 0 Å². The minimum Gasteiger partial charge on any atom is -0.481 e. The number of carboxylic acids is 1. The van der Waals surface area contributed by atoms with Gasteiger partial charge >= 0.3 is 5.97 Å². The molecule has 0 fully saturated rings. The molecule has 5 nitrogen and oxygen atoms in total. The third-order valence-electron chi connectivity index (χ3n) is 2.05. The fraction of sp³-hybridized carbons (Fsp3) is 0.700. The molecule has 0 radical (unpaired) electrons. The first-order chi connectivity index (χ1) is 6.99. The van der Waals surface area contributed by atoms with Gasteiger partial charge in [0.05, 0.1) is 6.42 Å². The molecule has 0 bridgehead atoms. The molecule has 0 saturated heterocycles. The van der Waals surface area contributed by atoms with Gasteiger partial charge in [-0.05, 0) is 5.92 Å². The number of aromatic nitrogens is 3. The van der Waals surface area contributed by atoms with Crippen molar-refractivity contribution in [1.29, 1.82) is 0 Å². The van der Waals surface area contributed by atoms with Crippen LogP contribution >= 0.6 is 0 Å². The zero-order valence-corrected chi connectivity index (χ0v) is 9.40. The van der Waals surface area contributed by atoms with Crippen molar-refractivity contribution in [1.82, 2.24) is 14.8 Å². The van der Waals surface area contributed by atoms with Gasteiger partial charge in [0.2, 0.25) is 0 Å². The van der Waals surface area contributed by atoms with Gasteiger partial charge in [-0.3, -0.25) is 9.48 Å². The Morgan fingerprint density at radius 3 is 2.73 bits per heavy atom. The number of rotatable bonds is 5. The van der Waals surface area contributed by atoms with Gasteiger partial charge in [0.15, 0.2) is 5.82 Å². The SMILES string of the molecule is CC(C)Cc1nc(CCC(=O)O)nn1C. The average Bonchev–Trinajstić information content (AvgIpc) is 2.43. The Morgan fingerprint density at radius 2 is 2.20 bits per heavy atom. The summed E-state index contributed by atoms with van der Waals surface area (Å²) in [6.45, 7) is 4.23. The van der Waals surface area contributed by atoms with E-state index in [0.29, 0.717) is 18.2 Å². The van der Waals surface area contributed by atoms with Crippen molar-refractivity contribution < 1.29 is 9.90 Å². The summed E-state index contributed by atoms with van der Waals surface area (Å²) in [6.07, 6.45) is 1.36. The summed E-state index contributed by atoms with van der Waals surface area (Å²) in [5.74, 6) is 1.26. The van der Waals surface area contributed by atoms with E-state index in [1.165, 1.54) is 0 Å². The van der Waals surface area contributed by atoms with Crippen LogP contribution in [0.5, 0.6) is 0 Å². The highest BCUT2D eigenvalue weighted by Gasteiger charge is 2.09. The van der Waals surface area contributed by atoms with E-state index >= 15 is 0 Å². The normalized spacial score (nSPS) is 10.9. The smallest absolute Gasteiger partial charge is 0.303 e. The molecule has 1 aromatic heterocycles. The van der Waals surface area contributed by atoms with Gasteiger partial charge in [0.25, 0.3) is 0 Å². The lowest BCUT2D eigenvalue weighted by molar-refractivity contribution is -0.137. The summed E-state index contributed by atoms with van der Waals surface area (Å²) in [5.41, 5.74) is 0. The molecule has 1 aromatic rings. The summed E-state index contributed by atoms with van der Waals surface area (Å²) in [4.78, 5) is 14.7. The number of hydrogen-bond acceptors (Lipinski definition) is 3. The Balaban J connectivity index is 2.64. The molecule has 0 atom stereocenters. The zero-order chi connectivity index (χ0) is 11.4. The van der Waals surface area contributed by atoms with Crippen molar-refractivity contribution in [2.45, 2.75) is 33.1 Å². The molecule has 1 N–H and O–H groups in total. The van der Waals surface area contributed by atoms with Gasteiger partial charge < -0.3 is 5.11 Å². The highest BCUT2D eigenvalue weighted by molar-refractivity contribution is 5.66. The minimum absolute atomic E-state index is 0.0884. The molecule has 1 heterocycles. The van der Waals surface area contributed by atoms with Crippen LogP contribution in [-0.2, 0) is 24.7 Å². The maximum Gasteiger partial charge on any atom is 0.303 e. The third-order valence-corrected chi connectivity index (χ3v) is 2.05. The van der Waals surface area contributed by atoms with Crippen LogP contribution in [0.25, 0.3) is 0 Å². The maximum absolute atomic E-state index is 10.4. The predicted octanol–water partition coefficient (Wildman–Crippen LogP) is 1.03. The Bertz CT molecular complexity index is 344. The third kappa shape index (κ3) is 3.69. The summed E-state index contributed by atoms with van der Waals surface area (Å²) in [5, 5.41) is 12.7. The lowest BCUT2D eigenvalue weighted by Gasteiger charge is -2.01. The molecule has 0 aliphatic heterocycles. The Hall–Kier alpha value is -1.39. The Labute approximate surface area is 89.1 Å². The van der Waals surface area contributed by atoms with Crippen LogP contribution in [-0.4, -0.2) is 25.8 Å². The number of carbonyl (C=O) groups is 1. The van der Waals surface area contributed by atoms with Crippen LogP contribution in [0, 0.1) is 5.92 Å². The Kier molecular flexibility index (Phi) is 3.82. The lowest BCUT2D eigenvalue weighted by atomic mass is 10.1. The first kappa shape index (κ1) is 11.7. The number of hydrogen-bond donors (Lipinski definition) is 1. The summed E-state index contributed by atoms with van der Waals surface area (Å²) < 4.78 is 1.73. The highest BCUT2D eigenvalue weighted by Crippen LogP contribution is 2.06. The van der Waals surface area contributed by atoms with Crippen molar-refractivity contribution >= 4 is 5.97 Å². The highest BCUT2D eigenvalue weighted by atomic mass is 16.4. The van der Waals surface area contributed by atoms with Crippen molar-refractivity contribution in [3.63, 3.8) is 0 Å². The van der Waals surface area contributed by atoms with Crippen molar-refractivity contribution in [3.05, 3.63) is 11.6 Å². The monoisotopic (exact) mass is 211 g/mol. The van der Waals surface area contributed by atoms with Gasteiger partial charge in [0.1, 0.15) is 5.82 Å². The standard InChI is InChI=1S/C10H17N3O2/c1-7(2)6-9-11-8(12-13(9)3)4-5-10(14)15/h7H,4-6H2,1-3H3,(H,14,15). The zero-order valence-electron chi connectivity index (χ0n) is 9.40. The van der Waals surface area contributed by atoms with Crippen molar-refractivity contribution in [3.8, 4) is 0 Å². The molecule has 1 rings (SSSR count). The summed E-state index contributed by atoms with van der Waals surface area (Å²) in [7, 11) is 1.84. The molecule has 0 aliphatic rings. The number of carboxylic acid groups (broad SMARTS) is 1. The van der Waals surface area contributed by atoms with Gasteiger partial charge in [-0.2, -0.15) is 5.10 Å². The fourth-order valence-corrected chi connectivity index (χ4v) is 1.34. The second-order valence-corrected chi connectivity index (χ2v) is 4.06. The van der Waals surface area contributed by atoms with Gasteiger partial charge in [-0.25, -0.2) is 4.98 Å². The van der Waals surface area contributed by atoms with Gasteiger partial charge in [0, 0.05) is 19.9 Å². The van der Waals surface area contributed by atoms with Crippen LogP contribution in [0.1, 0.15) is 31.9 Å².